The third-order valence-corrected chi connectivity index (χ3v) is 3.21. The molecule has 1 rings (SSSR count). The largest absolute Gasteiger partial charge is 0.465 e. The molecule has 0 fully saturated rings. The van der Waals surface area contributed by atoms with Crippen LogP contribution in [0.1, 0.15) is 49.0 Å². The van der Waals surface area contributed by atoms with Gasteiger partial charge in [0.2, 0.25) is 0 Å². The van der Waals surface area contributed by atoms with Crippen LogP contribution in [-0.2, 0) is 11.3 Å². The van der Waals surface area contributed by atoms with Crippen molar-refractivity contribution in [2.45, 2.75) is 39.7 Å². The SMILES string of the molecule is CCCCCNC(=NCc1ccc(C(=O)OC)cc1)NCC.I. The zero-order chi connectivity index (χ0) is 16.2. The predicted octanol–water partition coefficient (Wildman–Crippen LogP) is 3.34. The number of guanidine groups is 1. The standard InChI is InChI=1S/C17H27N3O2.HI/c1-4-6-7-12-19-17(18-5-2)20-13-14-8-10-15(11-9-14)16(21)22-3;/h8-11H,4-7,12-13H2,1-3H3,(H2,18,19,20);1H. The summed E-state index contributed by atoms with van der Waals surface area (Å²) < 4.78 is 4.68. The highest BCUT2D eigenvalue weighted by Crippen LogP contribution is 2.06. The molecule has 1 aromatic rings. The molecular formula is C17H28IN3O2. The van der Waals surface area contributed by atoms with Gasteiger partial charge in [-0.2, -0.15) is 0 Å². The van der Waals surface area contributed by atoms with Crippen molar-refractivity contribution in [1.29, 1.82) is 0 Å². The van der Waals surface area contributed by atoms with E-state index >= 15 is 0 Å². The highest BCUT2D eigenvalue weighted by atomic mass is 127. The molecule has 2 N–H and O–H groups in total. The van der Waals surface area contributed by atoms with E-state index in [4.69, 9.17) is 0 Å². The van der Waals surface area contributed by atoms with E-state index in [0.29, 0.717) is 12.1 Å². The Hall–Kier alpha value is -1.31. The summed E-state index contributed by atoms with van der Waals surface area (Å²) in [5, 5.41) is 6.56. The van der Waals surface area contributed by atoms with Crippen LogP contribution in [0.25, 0.3) is 0 Å². The third-order valence-electron chi connectivity index (χ3n) is 3.21. The van der Waals surface area contributed by atoms with Gasteiger partial charge in [0.1, 0.15) is 0 Å². The molecule has 0 amide bonds. The van der Waals surface area contributed by atoms with Gasteiger partial charge in [-0.3, -0.25) is 0 Å². The summed E-state index contributed by atoms with van der Waals surface area (Å²) in [6.07, 6.45) is 3.58. The fraction of sp³-hybridized carbons (Fsp3) is 0.529. The number of benzene rings is 1. The molecule has 0 heterocycles. The lowest BCUT2D eigenvalue weighted by Crippen LogP contribution is -2.37. The van der Waals surface area contributed by atoms with Crippen LogP contribution in [0.2, 0.25) is 0 Å². The Morgan fingerprint density at radius 1 is 1.13 bits per heavy atom. The van der Waals surface area contributed by atoms with Crippen LogP contribution in [0.3, 0.4) is 0 Å². The molecule has 1 aromatic carbocycles. The first kappa shape index (κ1) is 21.7. The lowest BCUT2D eigenvalue weighted by molar-refractivity contribution is 0.0600. The Balaban J connectivity index is 0.00000484. The van der Waals surface area contributed by atoms with E-state index in [-0.39, 0.29) is 29.9 Å². The molecule has 0 spiro atoms. The van der Waals surface area contributed by atoms with Gasteiger partial charge in [0, 0.05) is 13.1 Å². The van der Waals surface area contributed by atoms with Crippen molar-refractivity contribution in [2.75, 3.05) is 20.2 Å². The summed E-state index contributed by atoms with van der Waals surface area (Å²) in [4.78, 5) is 15.9. The van der Waals surface area contributed by atoms with Gasteiger partial charge in [0.05, 0.1) is 19.2 Å². The second kappa shape index (κ2) is 13.2. The summed E-state index contributed by atoms with van der Waals surface area (Å²) in [7, 11) is 1.38. The normalized spacial score (nSPS) is 10.7. The number of ether oxygens (including phenoxy) is 1. The lowest BCUT2D eigenvalue weighted by Gasteiger charge is -2.11. The Kier molecular flexibility index (Phi) is 12.4. The summed E-state index contributed by atoms with van der Waals surface area (Å²) >= 11 is 0. The van der Waals surface area contributed by atoms with Crippen molar-refractivity contribution in [1.82, 2.24) is 10.6 Å². The number of carbonyl (C=O) groups is 1. The number of esters is 1. The van der Waals surface area contributed by atoms with E-state index in [1.165, 1.54) is 20.0 Å². The summed E-state index contributed by atoms with van der Waals surface area (Å²) in [5.74, 6) is 0.511. The van der Waals surface area contributed by atoms with Gasteiger partial charge < -0.3 is 15.4 Å². The van der Waals surface area contributed by atoms with Crippen LogP contribution in [0.4, 0.5) is 0 Å². The molecule has 23 heavy (non-hydrogen) atoms. The van der Waals surface area contributed by atoms with E-state index in [0.717, 1.165) is 31.0 Å². The topological polar surface area (TPSA) is 62.7 Å². The molecule has 0 aliphatic carbocycles. The van der Waals surface area contributed by atoms with Gasteiger partial charge in [0.25, 0.3) is 0 Å². The van der Waals surface area contributed by atoms with E-state index in [2.05, 4.69) is 27.3 Å². The predicted molar refractivity (Wildman–Crippen MR) is 106 cm³/mol. The van der Waals surface area contributed by atoms with Gasteiger partial charge in [-0.25, -0.2) is 9.79 Å². The van der Waals surface area contributed by atoms with Gasteiger partial charge in [0.15, 0.2) is 5.96 Å². The minimum Gasteiger partial charge on any atom is -0.465 e. The first-order valence-electron chi connectivity index (χ1n) is 7.90. The van der Waals surface area contributed by atoms with E-state index in [9.17, 15) is 4.79 Å². The number of halogens is 1. The minimum absolute atomic E-state index is 0. The molecule has 5 nitrogen and oxygen atoms in total. The van der Waals surface area contributed by atoms with Crippen LogP contribution in [0.15, 0.2) is 29.3 Å². The average molecular weight is 433 g/mol. The first-order valence-corrected chi connectivity index (χ1v) is 7.90. The highest BCUT2D eigenvalue weighted by Gasteiger charge is 2.04. The molecule has 0 radical (unpaired) electrons. The number of methoxy groups -OCH3 is 1. The second-order valence-corrected chi connectivity index (χ2v) is 5.02. The van der Waals surface area contributed by atoms with Crippen molar-refractivity contribution in [3.05, 3.63) is 35.4 Å². The van der Waals surface area contributed by atoms with E-state index < -0.39 is 0 Å². The summed E-state index contributed by atoms with van der Waals surface area (Å²) in [5.41, 5.74) is 1.61. The molecule has 0 aliphatic heterocycles. The molecule has 0 saturated heterocycles. The van der Waals surface area contributed by atoms with Crippen molar-refractivity contribution in [3.63, 3.8) is 0 Å². The van der Waals surface area contributed by atoms with Gasteiger partial charge in [-0.05, 0) is 31.0 Å². The van der Waals surface area contributed by atoms with Gasteiger partial charge in [-0.1, -0.05) is 31.9 Å². The number of aliphatic imine (C=N–C) groups is 1. The summed E-state index contributed by atoms with van der Waals surface area (Å²) in [6.45, 7) is 6.58. The Labute approximate surface area is 156 Å². The number of nitrogens with zero attached hydrogens (tertiary/aromatic N) is 1. The van der Waals surface area contributed by atoms with Crippen molar-refractivity contribution in [2.24, 2.45) is 4.99 Å². The number of nitrogens with one attached hydrogen (secondary N) is 2. The maximum atomic E-state index is 11.4. The molecular weight excluding hydrogens is 405 g/mol. The minimum atomic E-state index is -0.319. The van der Waals surface area contributed by atoms with Crippen molar-refractivity contribution in [3.8, 4) is 0 Å². The first-order chi connectivity index (χ1) is 10.7. The van der Waals surface area contributed by atoms with Crippen LogP contribution >= 0.6 is 24.0 Å². The number of hydrogen-bond donors (Lipinski definition) is 2. The zero-order valence-electron chi connectivity index (χ0n) is 14.2. The van der Waals surface area contributed by atoms with Crippen LogP contribution in [0, 0.1) is 0 Å². The smallest absolute Gasteiger partial charge is 0.337 e. The maximum absolute atomic E-state index is 11.4. The maximum Gasteiger partial charge on any atom is 0.337 e. The third kappa shape index (κ3) is 8.78. The molecule has 0 saturated carbocycles. The fourth-order valence-electron chi connectivity index (χ4n) is 1.96. The number of rotatable bonds is 8. The average Bonchev–Trinajstić information content (AvgIpc) is 2.56. The highest BCUT2D eigenvalue weighted by molar-refractivity contribution is 14.0. The number of carbonyl (C=O) groups excluding carboxylic acids is 1. The van der Waals surface area contributed by atoms with E-state index in [1.54, 1.807) is 12.1 Å². The van der Waals surface area contributed by atoms with Gasteiger partial charge in [-0.15, -0.1) is 24.0 Å². The van der Waals surface area contributed by atoms with Crippen LogP contribution < -0.4 is 10.6 Å². The molecule has 0 aliphatic rings. The van der Waals surface area contributed by atoms with Crippen molar-refractivity contribution >= 4 is 35.9 Å². The molecule has 130 valence electrons. The molecule has 6 heteroatoms. The Morgan fingerprint density at radius 3 is 2.39 bits per heavy atom. The molecule has 0 aromatic heterocycles. The lowest BCUT2D eigenvalue weighted by atomic mass is 10.1. The second-order valence-electron chi connectivity index (χ2n) is 5.02. The Morgan fingerprint density at radius 2 is 1.83 bits per heavy atom. The fourth-order valence-corrected chi connectivity index (χ4v) is 1.96. The van der Waals surface area contributed by atoms with Crippen molar-refractivity contribution < 1.29 is 9.53 Å². The zero-order valence-corrected chi connectivity index (χ0v) is 16.6. The number of hydrogen-bond acceptors (Lipinski definition) is 3. The molecule has 0 bridgehead atoms. The van der Waals surface area contributed by atoms with Crippen LogP contribution in [-0.4, -0.2) is 32.1 Å². The van der Waals surface area contributed by atoms with Crippen LogP contribution in [0.5, 0.6) is 0 Å². The molecule has 0 atom stereocenters. The Bertz CT molecular complexity index is 475. The monoisotopic (exact) mass is 433 g/mol. The summed E-state index contributed by atoms with van der Waals surface area (Å²) in [6, 6.07) is 7.32. The number of unbranched alkanes of at least 4 members (excludes halogenated alkanes) is 2. The van der Waals surface area contributed by atoms with Gasteiger partial charge >= 0.3 is 5.97 Å². The van der Waals surface area contributed by atoms with E-state index in [1.807, 2.05) is 19.1 Å². The molecule has 0 unspecified atom stereocenters. The quantitative estimate of drug-likeness (QED) is 0.217.